The first-order valence-electron chi connectivity index (χ1n) is 6.30. The molecule has 1 unspecified atom stereocenters. The number of hydrogen-bond acceptors (Lipinski definition) is 4. The van der Waals surface area contributed by atoms with Crippen molar-refractivity contribution in [3.63, 3.8) is 0 Å². The third-order valence-corrected chi connectivity index (χ3v) is 3.50. The highest BCUT2D eigenvalue weighted by molar-refractivity contribution is 7.99. The molecule has 1 heterocycles. The maximum absolute atomic E-state index is 12.2. The number of carbonyl (C=O) groups is 1. The molecule has 0 radical (unpaired) electrons. The number of thioether (sulfide) groups is 1. The molecule has 7 heteroatoms. The van der Waals surface area contributed by atoms with Gasteiger partial charge in [-0.05, 0) is 24.3 Å². The Hall–Kier alpha value is -1.18. The summed E-state index contributed by atoms with van der Waals surface area (Å²) in [5, 5.41) is 5.88. The zero-order valence-electron chi connectivity index (χ0n) is 10.8. The van der Waals surface area contributed by atoms with Crippen molar-refractivity contribution < 1.29 is 18.3 Å². The van der Waals surface area contributed by atoms with Gasteiger partial charge in [0.1, 0.15) is 0 Å². The lowest BCUT2D eigenvalue weighted by Crippen LogP contribution is -2.40. The predicted octanol–water partition coefficient (Wildman–Crippen LogP) is 2.32. The molecular formula is C13H16F2N2O2S. The topological polar surface area (TPSA) is 50.4 Å². The molecule has 1 saturated heterocycles. The summed E-state index contributed by atoms with van der Waals surface area (Å²) in [4.78, 5) is 12.3. The van der Waals surface area contributed by atoms with Crippen molar-refractivity contribution in [1.82, 2.24) is 5.32 Å². The molecule has 0 bridgehead atoms. The van der Waals surface area contributed by atoms with E-state index < -0.39 is 5.76 Å². The number of nitrogens with one attached hydrogen (secondary N) is 2. The van der Waals surface area contributed by atoms with Crippen LogP contribution in [0.25, 0.3) is 0 Å². The van der Waals surface area contributed by atoms with Crippen LogP contribution in [0.3, 0.4) is 0 Å². The number of carbonyl (C=O) groups excluding carboxylic acids is 1. The van der Waals surface area contributed by atoms with Crippen molar-refractivity contribution in [2.24, 2.45) is 0 Å². The van der Waals surface area contributed by atoms with Crippen LogP contribution in [0.4, 0.5) is 14.5 Å². The Morgan fingerprint density at radius 1 is 1.45 bits per heavy atom. The van der Waals surface area contributed by atoms with Crippen LogP contribution in [0, 0.1) is 0 Å². The van der Waals surface area contributed by atoms with Crippen molar-refractivity contribution in [1.29, 1.82) is 0 Å². The van der Waals surface area contributed by atoms with Gasteiger partial charge in [-0.2, -0.15) is 8.78 Å². The van der Waals surface area contributed by atoms with E-state index in [9.17, 15) is 13.6 Å². The van der Waals surface area contributed by atoms with Crippen molar-refractivity contribution in [3.05, 3.63) is 24.3 Å². The Kier molecular flexibility index (Phi) is 5.75. The van der Waals surface area contributed by atoms with Crippen LogP contribution in [0.2, 0.25) is 0 Å². The van der Waals surface area contributed by atoms with E-state index in [0.29, 0.717) is 35.5 Å². The van der Waals surface area contributed by atoms with Gasteiger partial charge in [0, 0.05) is 23.7 Å². The molecule has 1 aromatic rings. The zero-order chi connectivity index (χ0) is 14.4. The van der Waals surface area contributed by atoms with Gasteiger partial charge in [-0.25, -0.2) is 0 Å². The molecule has 1 amide bonds. The number of rotatable bonds is 5. The molecule has 0 spiro atoms. The Labute approximate surface area is 120 Å². The van der Waals surface area contributed by atoms with Crippen molar-refractivity contribution in [2.75, 3.05) is 25.0 Å². The number of anilines is 1. The van der Waals surface area contributed by atoms with Gasteiger partial charge in [0.05, 0.1) is 19.1 Å². The molecule has 0 saturated carbocycles. The van der Waals surface area contributed by atoms with Gasteiger partial charge < -0.3 is 15.4 Å². The molecule has 1 aliphatic heterocycles. The molecule has 110 valence electrons. The molecule has 0 aliphatic carbocycles. The number of morpholine rings is 1. The Balaban J connectivity index is 1.81. The van der Waals surface area contributed by atoms with E-state index in [1.54, 1.807) is 24.3 Å². The standard InChI is InChI=1S/C13H16F2N2O2S/c14-13(15)20-11-3-1-9(2-4-11)17-12(18)7-10-8-16-5-6-19-10/h1-4,10,13,16H,5-8H2,(H,17,18). The van der Waals surface area contributed by atoms with E-state index in [1.165, 1.54) is 0 Å². The second kappa shape index (κ2) is 7.56. The number of alkyl halides is 2. The van der Waals surface area contributed by atoms with Gasteiger partial charge in [0.2, 0.25) is 5.91 Å². The maximum atomic E-state index is 12.2. The van der Waals surface area contributed by atoms with E-state index in [-0.39, 0.29) is 18.4 Å². The highest BCUT2D eigenvalue weighted by atomic mass is 32.2. The van der Waals surface area contributed by atoms with E-state index in [4.69, 9.17) is 4.74 Å². The summed E-state index contributed by atoms with van der Waals surface area (Å²) in [6, 6.07) is 6.35. The Morgan fingerprint density at radius 3 is 2.80 bits per heavy atom. The summed E-state index contributed by atoms with van der Waals surface area (Å²) in [6.45, 7) is 2.08. The minimum Gasteiger partial charge on any atom is -0.375 e. The molecule has 20 heavy (non-hydrogen) atoms. The normalized spacial score (nSPS) is 19.1. The third-order valence-electron chi connectivity index (χ3n) is 2.78. The van der Waals surface area contributed by atoms with Crippen molar-refractivity contribution >= 4 is 23.4 Å². The van der Waals surface area contributed by atoms with Crippen LogP contribution in [0.1, 0.15) is 6.42 Å². The van der Waals surface area contributed by atoms with Crippen LogP contribution in [-0.2, 0) is 9.53 Å². The molecule has 1 aliphatic rings. The average molecular weight is 302 g/mol. The summed E-state index contributed by atoms with van der Waals surface area (Å²) in [6.07, 6.45) is 0.165. The monoisotopic (exact) mass is 302 g/mol. The lowest BCUT2D eigenvalue weighted by Gasteiger charge is -2.23. The first-order valence-corrected chi connectivity index (χ1v) is 7.18. The largest absolute Gasteiger partial charge is 0.375 e. The van der Waals surface area contributed by atoms with Crippen LogP contribution >= 0.6 is 11.8 Å². The molecule has 2 N–H and O–H groups in total. The smallest absolute Gasteiger partial charge is 0.288 e. The van der Waals surface area contributed by atoms with Gasteiger partial charge >= 0.3 is 0 Å². The Morgan fingerprint density at radius 2 is 2.20 bits per heavy atom. The molecule has 1 fully saturated rings. The minimum atomic E-state index is -2.44. The van der Waals surface area contributed by atoms with Crippen molar-refractivity contribution in [3.8, 4) is 0 Å². The molecule has 0 aromatic heterocycles. The second-order valence-corrected chi connectivity index (χ2v) is 5.42. The second-order valence-electron chi connectivity index (χ2n) is 4.35. The van der Waals surface area contributed by atoms with Gasteiger partial charge in [0.15, 0.2) is 0 Å². The molecule has 4 nitrogen and oxygen atoms in total. The summed E-state index contributed by atoms with van der Waals surface area (Å²) in [5.74, 6) is -2.58. The lowest BCUT2D eigenvalue weighted by molar-refractivity contribution is -0.119. The minimum absolute atomic E-state index is 0.114. The first kappa shape index (κ1) is 15.2. The summed E-state index contributed by atoms with van der Waals surface area (Å²) in [7, 11) is 0. The first-order chi connectivity index (χ1) is 9.63. The fraction of sp³-hybridized carbons (Fsp3) is 0.462. The summed E-state index contributed by atoms with van der Waals surface area (Å²) in [5.41, 5.74) is 0.595. The molecule has 2 rings (SSSR count). The van der Waals surface area contributed by atoms with E-state index in [0.717, 1.165) is 6.54 Å². The molecule has 1 aromatic carbocycles. The number of hydrogen-bond donors (Lipinski definition) is 2. The Bertz CT molecular complexity index is 437. The molecular weight excluding hydrogens is 286 g/mol. The maximum Gasteiger partial charge on any atom is 0.288 e. The third kappa shape index (κ3) is 5.07. The van der Waals surface area contributed by atoms with Crippen molar-refractivity contribution in [2.45, 2.75) is 23.2 Å². The highest BCUT2D eigenvalue weighted by Crippen LogP contribution is 2.26. The van der Waals surface area contributed by atoms with Gasteiger partial charge in [-0.15, -0.1) is 0 Å². The predicted molar refractivity (Wildman–Crippen MR) is 74.2 cm³/mol. The number of ether oxygens (including phenoxy) is 1. The van der Waals surface area contributed by atoms with E-state index >= 15 is 0 Å². The van der Waals surface area contributed by atoms with Gasteiger partial charge in [0.25, 0.3) is 5.76 Å². The number of amides is 1. The van der Waals surface area contributed by atoms with Gasteiger partial charge in [-0.3, -0.25) is 4.79 Å². The molecule has 1 atom stereocenters. The summed E-state index contributed by atoms with van der Waals surface area (Å²) < 4.78 is 29.8. The van der Waals surface area contributed by atoms with E-state index in [2.05, 4.69) is 10.6 Å². The van der Waals surface area contributed by atoms with E-state index in [1.807, 2.05) is 0 Å². The number of halogens is 2. The lowest BCUT2D eigenvalue weighted by atomic mass is 10.2. The quantitative estimate of drug-likeness (QED) is 0.820. The fourth-order valence-corrected chi connectivity index (χ4v) is 2.39. The fourth-order valence-electron chi connectivity index (χ4n) is 1.89. The number of benzene rings is 1. The van der Waals surface area contributed by atoms with Crippen LogP contribution in [0.15, 0.2) is 29.2 Å². The highest BCUT2D eigenvalue weighted by Gasteiger charge is 2.17. The van der Waals surface area contributed by atoms with Gasteiger partial charge in [-0.1, -0.05) is 11.8 Å². The summed E-state index contributed by atoms with van der Waals surface area (Å²) >= 11 is 0.480. The van der Waals surface area contributed by atoms with Crippen LogP contribution in [-0.4, -0.2) is 37.5 Å². The SMILES string of the molecule is O=C(CC1CNCCO1)Nc1ccc(SC(F)F)cc1. The zero-order valence-corrected chi connectivity index (χ0v) is 11.6. The average Bonchev–Trinajstić information content (AvgIpc) is 2.41. The van der Waals surface area contributed by atoms with Crippen LogP contribution in [0.5, 0.6) is 0 Å². The van der Waals surface area contributed by atoms with Crippen LogP contribution < -0.4 is 10.6 Å².